The third-order valence-electron chi connectivity index (χ3n) is 3.26. The monoisotopic (exact) mass is 231 g/mol. The van der Waals surface area contributed by atoms with Gasteiger partial charge in [-0.15, -0.1) is 0 Å². The first-order chi connectivity index (χ1) is 6.97. The molecule has 2 nitrogen and oxygen atoms in total. The van der Waals surface area contributed by atoms with Gasteiger partial charge in [0.05, 0.1) is 5.60 Å². The lowest BCUT2D eigenvalue weighted by Crippen LogP contribution is -2.36. The lowest BCUT2D eigenvalue weighted by atomic mass is 10.0. The zero-order chi connectivity index (χ0) is 11.4. The zero-order valence-electron chi connectivity index (χ0n) is 10.6. The Labute approximate surface area is 98.5 Å². The van der Waals surface area contributed by atoms with Gasteiger partial charge < -0.3 is 10.1 Å². The molecule has 1 fully saturated rings. The van der Waals surface area contributed by atoms with Crippen LogP contribution in [0, 0.1) is 0 Å². The highest BCUT2D eigenvalue weighted by molar-refractivity contribution is 8.00. The average Bonchev–Trinajstić information content (AvgIpc) is 2.61. The SMILES string of the molecule is COC(C)(C)CCNCC1(C)CCCS1. The average molecular weight is 231 g/mol. The van der Waals surface area contributed by atoms with E-state index >= 15 is 0 Å². The fraction of sp³-hybridized carbons (Fsp3) is 1.00. The Balaban J connectivity index is 2.11. The number of hydrogen-bond donors (Lipinski definition) is 1. The first-order valence-electron chi connectivity index (χ1n) is 5.87. The van der Waals surface area contributed by atoms with E-state index in [9.17, 15) is 0 Å². The highest BCUT2D eigenvalue weighted by Gasteiger charge is 2.28. The second kappa shape index (κ2) is 5.55. The van der Waals surface area contributed by atoms with Crippen molar-refractivity contribution in [2.75, 3.05) is 26.0 Å². The number of methoxy groups -OCH3 is 1. The van der Waals surface area contributed by atoms with E-state index in [0.717, 1.165) is 19.5 Å². The molecule has 0 amide bonds. The van der Waals surface area contributed by atoms with E-state index in [1.54, 1.807) is 7.11 Å². The van der Waals surface area contributed by atoms with Gasteiger partial charge in [-0.2, -0.15) is 11.8 Å². The van der Waals surface area contributed by atoms with E-state index < -0.39 is 0 Å². The van der Waals surface area contributed by atoms with Gasteiger partial charge in [0.15, 0.2) is 0 Å². The third kappa shape index (κ3) is 4.75. The van der Waals surface area contributed by atoms with Crippen molar-refractivity contribution in [3.05, 3.63) is 0 Å². The van der Waals surface area contributed by atoms with Crippen LogP contribution < -0.4 is 5.32 Å². The van der Waals surface area contributed by atoms with E-state index in [0.29, 0.717) is 4.75 Å². The summed E-state index contributed by atoms with van der Waals surface area (Å²) in [7, 11) is 1.79. The number of nitrogens with one attached hydrogen (secondary N) is 1. The predicted molar refractivity (Wildman–Crippen MR) is 68.7 cm³/mol. The molecule has 1 N–H and O–H groups in total. The van der Waals surface area contributed by atoms with Crippen molar-refractivity contribution in [2.24, 2.45) is 0 Å². The molecule has 1 aliphatic rings. The van der Waals surface area contributed by atoms with Crippen LogP contribution in [0.3, 0.4) is 0 Å². The molecule has 0 aromatic carbocycles. The predicted octanol–water partition coefficient (Wildman–Crippen LogP) is 2.68. The van der Waals surface area contributed by atoms with Gasteiger partial charge in [-0.3, -0.25) is 0 Å². The van der Waals surface area contributed by atoms with Crippen molar-refractivity contribution in [2.45, 2.75) is 50.4 Å². The number of thioether (sulfide) groups is 1. The summed E-state index contributed by atoms with van der Waals surface area (Å²) < 4.78 is 5.87. The summed E-state index contributed by atoms with van der Waals surface area (Å²) in [6.45, 7) is 8.84. The fourth-order valence-corrected chi connectivity index (χ4v) is 3.09. The molecule has 0 spiro atoms. The summed E-state index contributed by atoms with van der Waals surface area (Å²) in [5.41, 5.74) is 0.0106. The fourth-order valence-electron chi connectivity index (χ4n) is 1.82. The highest BCUT2D eigenvalue weighted by atomic mass is 32.2. The summed E-state index contributed by atoms with van der Waals surface area (Å²) in [6.07, 6.45) is 3.81. The molecule has 1 heterocycles. The van der Waals surface area contributed by atoms with Gasteiger partial charge in [0.2, 0.25) is 0 Å². The Bertz CT molecular complexity index is 188. The largest absolute Gasteiger partial charge is 0.379 e. The van der Waals surface area contributed by atoms with Crippen molar-refractivity contribution in [1.82, 2.24) is 5.32 Å². The molecular weight excluding hydrogens is 206 g/mol. The number of ether oxygens (including phenoxy) is 1. The Hall–Kier alpha value is 0.270. The van der Waals surface area contributed by atoms with Crippen molar-refractivity contribution in [3.8, 4) is 0 Å². The van der Waals surface area contributed by atoms with Crippen molar-refractivity contribution in [1.29, 1.82) is 0 Å². The quantitative estimate of drug-likeness (QED) is 0.710. The third-order valence-corrected chi connectivity index (χ3v) is 4.79. The first-order valence-corrected chi connectivity index (χ1v) is 6.86. The molecule has 0 aliphatic carbocycles. The van der Waals surface area contributed by atoms with Crippen LogP contribution in [0.15, 0.2) is 0 Å². The molecule has 0 aromatic rings. The molecule has 0 saturated carbocycles. The van der Waals surface area contributed by atoms with E-state index in [1.807, 2.05) is 0 Å². The molecule has 1 saturated heterocycles. The Morgan fingerprint density at radius 3 is 2.73 bits per heavy atom. The second-order valence-electron chi connectivity index (χ2n) is 5.29. The molecular formula is C12H25NOS. The Morgan fingerprint density at radius 2 is 2.20 bits per heavy atom. The van der Waals surface area contributed by atoms with Crippen LogP contribution >= 0.6 is 11.8 Å². The maximum absolute atomic E-state index is 5.39. The molecule has 0 radical (unpaired) electrons. The van der Waals surface area contributed by atoms with E-state index in [4.69, 9.17) is 4.74 Å². The van der Waals surface area contributed by atoms with Crippen LogP contribution in [0.2, 0.25) is 0 Å². The van der Waals surface area contributed by atoms with Crippen LogP contribution in [0.25, 0.3) is 0 Å². The first kappa shape index (κ1) is 13.3. The van der Waals surface area contributed by atoms with Crippen molar-refractivity contribution in [3.63, 3.8) is 0 Å². The van der Waals surface area contributed by atoms with Gasteiger partial charge in [-0.1, -0.05) is 0 Å². The molecule has 1 unspecified atom stereocenters. The number of rotatable bonds is 6. The van der Waals surface area contributed by atoms with E-state index in [2.05, 4.69) is 37.8 Å². The minimum Gasteiger partial charge on any atom is -0.379 e. The molecule has 1 rings (SSSR count). The van der Waals surface area contributed by atoms with Gasteiger partial charge in [0.25, 0.3) is 0 Å². The zero-order valence-corrected chi connectivity index (χ0v) is 11.4. The maximum Gasteiger partial charge on any atom is 0.0634 e. The van der Waals surface area contributed by atoms with Crippen LogP contribution in [0.4, 0.5) is 0 Å². The van der Waals surface area contributed by atoms with Gasteiger partial charge >= 0.3 is 0 Å². The summed E-state index contributed by atoms with van der Waals surface area (Å²) in [5, 5.41) is 3.56. The minimum atomic E-state index is 0.0106. The lowest BCUT2D eigenvalue weighted by Gasteiger charge is -2.26. The van der Waals surface area contributed by atoms with Gasteiger partial charge in [-0.05, 0) is 52.3 Å². The van der Waals surface area contributed by atoms with E-state index in [1.165, 1.54) is 18.6 Å². The van der Waals surface area contributed by atoms with Crippen LogP contribution in [0.1, 0.15) is 40.0 Å². The second-order valence-corrected chi connectivity index (χ2v) is 6.98. The van der Waals surface area contributed by atoms with Crippen LogP contribution in [0.5, 0.6) is 0 Å². The molecule has 0 aromatic heterocycles. The molecule has 3 heteroatoms. The summed E-state index contributed by atoms with van der Waals surface area (Å²) in [4.78, 5) is 0. The molecule has 15 heavy (non-hydrogen) atoms. The summed E-state index contributed by atoms with van der Waals surface area (Å²) in [5.74, 6) is 1.34. The Kier molecular flexibility index (Phi) is 4.94. The summed E-state index contributed by atoms with van der Waals surface area (Å²) >= 11 is 2.11. The van der Waals surface area contributed by atoms with Crippen molar-refractivity contribution < 1.29 is 4.74 Å². The molecule has 1 aliphatic heterocycles. The van der Waals surface area contributed by atoms with E-state index in [-0.39, 0.29) is 5.60 Å². The van der Waals surface area contributed by atoms with Gasteiger partial charge in [0, 0.05) is 18.4 Å². The molecule has 90 valence electrons. The van der Waals surface area contributed by atoms with Crippen molar-refractivity contribution >= 4 is 11.8 Å². The lowest BCUT2D eigenvalue weighted by molar-refractivity contribution is 0.0158. The minimum absolute atomic E-state index is 0.0106. The smallest absolute Gasteiger partial charge is 0.0634 e. The standard InChI is InChI=1S/C12H25NOS/c1-11(2,14-4)7-8-13-10-12(3)6-5-9-15-12/h13H,5-10H2,1-4H3. The molecule has 1 atom stereocenters. The molecule has 0 bridgehead atoms. The normalized spacial score (nSPS) is 27.2. The topological polar surface area (TPSA) is 21.3 Å². The van der Waals surface area contributed by atoms with Gasteiger partial charge in [-0.25, -0.2) is 0 Å². The van der Waals surface area contributed by atoms with Crippen LogP contribution in [-0.4, -0.2) is 36.3 Å². The van der Waals surface area contributed by atoms with Crippen LogP contribution in [-0.2, 0) is 4.74 Å². The summed E-state index contributed by atoms with van der Waals surface area (Å²) in [6, 6.07) is 0. The highest BCUT2D eigenvalue weighted by Crippen LogP contribution is 2.36. The van der Waals surface area contributed by atoms with Gasteiger partial charge in [0.1, 0.15) is 0 Å². The number of hydrogen-bond acceptors (Lipinski definition) is 3. The Morgan fingerprint density at radius 1 is 1.47 bits per heavy atom. The maximum atomic E-state index is 5.39.